The molecule has 0 heterocycles. The molecular formula is C38H29N5O2. The van der Waals surface area contributed by atoms with Crippen molar-refractivity contribution in [2.75, 3.05) is 21.7 Å². The Balaban J connectivity index is 1.42. The second-order valence-electron chi connectivity index (χ2n) is 10.8. The zero-order valence-corrected chi connectivity index (χ0v) is 24.2. The number of rotatable bonds is 7. The Labute approximate surface area is 260 Å². The molecule has 0 fully saturated rings. The van der Waals surface area contributed by atoms with E-state index < -0.39 is 0 Å². The molecule has 45 heavy (non-hydrogen) atoms. The fourth-order valence-corrected chi connectivity index (χ4v) is 5.64. The number of nitrogens with one attached hydrogen (secondary N) is 3. The van der Waals surface area contributed by atoms with Gasteiger partial charge in [0.25, 0.3) is 0 Å². The normalized spacial score (nSPS) is 14.8. The molecule has 2 aliphatic rings. The van der Waals surface area contributed by atoms with Gasteiger partial charge < -0.3 is 21.7 Å². The van der Waals surface area contributed by atoms with E-state index >= 15 is 0 Å². The number of allylic oxidation sites excluding steroid dienone is 3. The van der Waals surface area contributed by atoms with Crippen LogP contribution >= 0.6 is 0 Å². The predicted octanol–water partition coefficient (Wildman–Crippen LogP) is 8.60. The molecule has 0 spiro atoms. The lowest BCUT2D eigenvalue weighted by Gasteiger charge is -2.30. The van der Waals surface area contributed by atoms with Gasteiger partial charge in [0.2, 0.25) is 0 Å². The molecular weight excluding hydrogens is 558 g/mol. The number of Topliss-reactive ketones (excluding diaryl/α,β-unsaturated/α-hetero) is 2. The number of carbonyl (C=O) groups excluding carboxylic acids is 2. The number of para-hydroxylation sites is 3. The minimum atomic E-state index is -0.274. The summed E-state index contributed by atoms with van der Waals surface area (Å²) in [5.74, 6) is -0.543. The molecule has 218 valence electrons. The Morgan fingerprint density at radius 3 is 1.60 bits per heavy atom. The fraction of sp³-hybridized carbons (Fsp3) is 0.0263. The van der Waals surface area contributed by atoms with Gasteiger partial charge in [-0.05, 0) is 72.8 Å². The highest BCUT2D eigenvalue weighted by Gasteiger charge is 2.41. The van der Waals surface area contributed by atoms with E-state index in [2.05, 4.69) is 16.0 Å². The molecule has 0 saturated carbocycles. The standard InChI is InChI=1S/C38H29N5O2/c39-24-16-18-28(19-17-24)43-32-23-22-31(42-27-14-8-3-9-15-27)35-36(32)38(45)34-30(41-26-12-6-2-7-13-26)21-20-29(33(34)37(35)44)40-25-10-4-1-5-11-25/h1-20,22-23,40,42-43H,21,39H2. The lowest BCUT2D eigenvalue weighted by atomic mass is 9.76. The molecule has 5 aromatic rings. The second-order valence-corrected chi connectivity index (χ2v) is 10.8. The van der Waals surface area contributed by atoms with Crippen molar-refractivity contribution in [2.45, 2.75) is 6.42 Å². The van der Waals surface area contributed by atoms with Crippen molar-refractivity contribution in [3.05, 3.63) is 161 Å². The Kier molecular flexibility index (Phi) is 7.25. The first-order chi connectivity index (χ1) is 22.0. The van der Waals surface area contributed by atoms with Gasteiger partial charge in [-0.15, -0.1) is 0 Å². The Morgan fingerprint density at radius 1 is 0.533 bits per heavy atom. The molecule has 0 aromatic heterocycles. The number of fused-ring (bicyclic) bond motifs is 1. The number of ketones is 2. The maximum absolute atomic E-state index is 14.8. The van der Waals surface area contributed by atoms with E-state index in [0.717, 1.165) is 17.1 Å². The molecule has 7 heteroatoms. The zero-order chi connectivity index (χ0) is 30.8. The number of nitrogens with two attached hydrogens (primary N) is 1. The molecule has 0 amide bonds. The number of benzene rings is 5. The summed E-state index contributed by atoms with van der Waals surface area (Å²) in [5.41, 5.74) is 13.0. The summed E-state index contributed by atoms with van der Waals surface area (Å²) in [6.07, 6.45) is 2.31. The quantitative estimate of drug-likeness (QED) is 0.142. The lowest BCUT2D eigenvalue weighted by molar-refractivity contribution is 0.0982. The van der Waals surface area contributed by atoms with E-state index in [1.807, 2.05) is 121 Å². The first-order valence-electron chi connectivity index (χ1n) is 14.7. The van der Waals surface area contributed by atoms with Crippen molar-refractivity contribution in [1.29, 1.82) is 0 Å². The van der Waals surface area contributed by atoms with Crippen LogP contribution < -0.4 is 21.7 Å². The number of nitrogens with zero attached hydrogens (tertiary/aromatic N) is 1. The Bertz CT molecular complexity index is 2010. The van der Waals surface area contributed by atoms with Crippen molar-refractivity contribution >= 4 is 57.1 Å². The van der Waals surface area contributed by atoms with Crippen molar-refractivity contribution in [3.8, 4) is 0 Å². The molecule has 0 aliphatic heterocycles. The number of carbonyl (C=O) groups is 2. The topological polar surface area (TPSA) is 109 Å². The van der Waals surface area contributed by atoms with E-state index in [0.29, 0.717) is 62.9 Å². The monoisotopic (exact) mass is 587 g/mol. The Hall–Kier alpha value is -6.21. The lowest BCUT2D eigenvalue weighted by Crippen LogP contribution is -2.32. The third-order valence-corrected chi connectivity index (χ3v) is 7.74. The average molecular weight is 588 g/mol. The first-order valence-corrected chi connectivity index (χ1v) is 14.7. The summed E-state index contributed by atoms with van der Waals surface area (Å²) in [7, 11) is 0. The van der Waals surface area contributed by atoms with E-state index in [1.165, 1.54) is 0 Å². The molecule has 7 nitrogen and oxygen atoms in total. The van der Waals surface area contributed by atoms with Crippen LogP contribution in [0, 0.1) is 0 Å². The van der Waals surface area contributed by atoms with Crippen LogP contribution in [0.5, 0.6) is 0 Å². The Morgan fingerprint density at radius 2 is 1.02 bits per heavy atom. The van der Waals surface area contributed by atoms with Crippen LogP contribution in [0.2, 0.25) is 0 Å². The van der Waals surface area contributed by atoms with Gasteiger partial charge in [0, 0.05) is 34.9 Å². The highest BCUT2D eigenvalue weighted by atomic mass is 16.1. The number of nitrogen functional groups attached to an aromatic ring is 1. The smallest absolute Gasteiger partial charge is 0.198 e. The third kappa shape index (κ3) is 5.50. The van der Waals surface area contributed by atoms with Crippen molar-refractivity contribution in [2.24, 2.45) is 4.99 Å². The van der Waals surface area contributed by atoms with Crippen LogP contribution in [-0.2, 0) is 0 Å². The molecule has 0 radical (unpaired) electrons. The number of aliphatic imine (C=N–C) groups is 1. The molecule has 0 saturated heterocycles. The molecule has 0 unspecified atom stereocenters. The summed E-state index contributed by atoms with van der Waals surface area (Å²) >= 11 is 0. The van der Waals surface area contributed by atoms with Gasteiger partial charge in [0.05, 0.1) is 45.0 Å². The molecule has 7 rings (SSSR count). The minimum absolute atomic E-state index is 0.269. The molecule has 2 aliphatic carbocycles. The fourth-order valence-electron chi connectivity index (χ4n) is 5.64. The summed E-state index contributed by atoms with van der Waals surface area (Å²) in [5, 5.41) is 10.1. The second kappa shape index (κ2) is 11.8. The van der Waals surface area contributed by atoms with Crippen LogP contribution in [0.15, 0.2) is 155 Å². The van der Waals surface area contributed by atoms with Gasteiger partial charge in [-0.1, -0.05) is 60.7 Å². The summed E-state index contributed by atoms with van der Waals surface area (Å²) in [4.78, 5) is 34.5. The number of hydrogen-bond acceptors (Lipinski definition) is 7. The van der Waals surface area contributed by atoms with Gasteiger partial charge in [0.15, 0.2) is 11.6 Å². The molecule has 5 N–H and O–H groups in total. The van der Waals surface area contributed by atoms with Crippen LogP contribution in [0.3, 0.4) is 0 Å². The maximum Gasteiger partial charge on any atom is 0.198 e. The average Bonchev–Trinajstić information content (AvgIpc) is 3.07. The van der Waals surface area contributed by atoms with Crippen molar-refractivity contribution < 1.29 is 9.59 Å². The van der Waals surface area contributed by atoms with Crippen molar-refractivity contribution in [1.82, 2.24) is 0 Å². The van der Waals surface area contributed by atoms with Crippen LogP contribution in [-0.4, -0.2) is 17.3 Å². The molecule has 5 aromatic carbocycles. The van der Waals surface area contributed by atoms with Crippen LogP contribution in [0.4, 0.5) is 39.8 Å². The van der Waals surface area contributed by atoms with Gasteiger partial charge in [0.1, 0.15) is 0 Å². The van der Waals surface area contributed by atoms with Gasteiger partial charge in [-0.25, -0.2) is 0 Å². The summed E-state index contributed by atoms with van der Waals surface area (Å²) in [6, 6.07) is 39.6. The SMILES string of the molecule is Nc1ccc(Nc2ccc(Nc3ccccc3)c3c2C(=O)C2=C(C3=O)C(Nc3ccccc3)=CCC2=Nc2ccccc2)cc1. The zero-order valence-electron chi connectivity index (χ0n) is 24.2. The van der Waals surface area contributed by atoms with E-state index in [-0.39, 0.29) is 11.6 Å². The highest BCUT2D eigenvalue weighted by molar-refractivity contribution is 6.42. The first kappa shape index (κ1) is 27.6. The summed E-state index contributed by atoms with van der Waals surface area (Å²) < 4.78 is 0. The van der Waals surface area contributed by atoms with Crippen LogP contribution in [0.25, 0.3) is 0 Å². The number of hydrogen-bond donors (Lipinski definition) is 4. The summed E-state index contributed by atoms with van der Waals surface area (Å²) in [6.45, 7) is 0. The number of anilines is 6. The van der Waals surface area contributed by atoms with Gasteiger partial charge in [-0.2, -0.15) is 0 Å². The largest absolute Gasteiger partial charge is 0.399 e. The molecule has 0 bridgehead atoms. The maximum atomic E-state index is 14.8. The van der Waals surface area contributed by atoms with E-state index in [9.17, 15) is 9.59 Å². The van der Waals surface area contributed by atoms with Gasteiger partial charge >= 0.3 is 0 Å². The predicted molar refractivity (Wildman–Crippen MR) is 182 cm³/mol. The van der Waals surface area contributed by atoms with E-state index in [1.54, 1.807) is 12.1 Å². The van der Waals surface area contributed by atoms with Crippen LogP contribution in [0.1, 0.15) is 27.1 Å². The molecule has 0 atom stereocenters. The highest BCUT2D eigenvalue weighted by Crippen LogP contribution is 2.42. The third-order valence-electron chi connectivity index (χ3n) is 7.74. The van der Waals surface area contributed by atoms with Crippen molar-refractivity contribution in [3.63, 3.8) is 0 Å². The minimum Gasteiger partial charge on any atom is -0.399 e. The van der Waals surface area contributed by atoms with Gasteiger partial charge in [-0.3, -0.25) is 14.6 Å². The van der Waals surface area contributed by atoms with E-state index in [4.69, 9.17) is 10.7 Å².